The highest BCUT2D eigenvalue weighted by molar-refractivity contribution is 5.94. The van der Waals surface area contributed by atoms with Gasteiger partial charge >= 0.3 is 0 Å². The maximum absolute atomic E-state index is 8.86. The molecule has 0 unspecified atom stereocenters. The number of methoxy groups -OCH3 is 2. The van der Waals surface area contributed by atoms with Crippen LogP contribution >= 0.6 is 0 Å². The molecule has 0 amide bonds. The van der Waals surface area contributed by atoms with Gasteiger partial charge in [-0.2, -0.15) is 5.10 Å². The van der Waals surface area contributed by atoms with Gasteiger partial charge in [0.1, 0.15) is 11.5 Å². The predicted octanol–water partition coefficient (Wildman–Crippen LogP) is 3.62. The zero-order valence-electron chi connectivity index (χ0n) is 20.0. The van der Waals surface area contributed by atoms with Crippen molar-refractivity contribution in [1.82, 2.24) is 15.1 Å². The van der Waals surface area contributed by atoms with Gasteiger partial charge in [-0.3, -0.25) is 4.90 Å². The lowest BCUT2D eigenvalue weighted by Crippen LogP contribution is -2.38. The lowest BCUT2D eigenvalue weighted by atomic mass is 10.0. The van der Waals surface area contributed by atoms with Crippen molar-refractivity contribution in [2.45, 2.75) is 38.5 Å². The number of rotatable bonds is 11. The van der Waals surface area contributed by atoms with Gasteiger partial charge in [0.25, 0.3) is 0 Å². The van der Waals surface area contributed by atoms with Gasteiger partial charge in [0.2, 0.25) is 0 Å². The van der Waals surface area contributed by atoms with E-state index in [1.54, 1.807) is 14.2 Å². The second-order valence-corrected chi connectivity index (χ2v) is 8.60. The molecule has 34 heavy (non-hydrogen) atoms. The van der Waals surface area contributed by atoms with Crippen LogP contribution in [0.5, 0.6) is 11.5 Å². The number of piperidine rings is 1. The number of aromatic nitrogens is 2. The molecule has 182 valence electrons. The molecule has 0 saturated carbocycles. The van der Waals surface area contributed by atoms with E-state index in [9.17, 15) is 0 Å². The fourth-order valence-electron chi connectivity index (χ4n) is 4.30. The topological polar surface area (TPSA) is 89.0 Å². The van der Waals surface area contributed by atoms with Gasteiger partial charge in [-0.05, 0) is 48.7 Å². The van der Waals surface area contributed by atoms with Crippen LogP contribution in [0.4, 0.5) is 5.82 Å². The first-order valence-corrected chi connectivity index (χ1v) is 11.8. The second kappa shape index (κ2) is 12.0. The first kappa shape index (κ1) is 24.2. The van der Waals surface area contributed by atoms with E-state index in [0.29, 0.717) is 25.7 Å². The quantitative estimate of drug-likeness (QED) is 0.414. The zero-order chi connectivity index (χ0) is 23.8. The van der Waals surface area contributed by atoms with Crippen molar-refractivity contribution in [1.29, 1.82) is 0 Å². The Labute approximate surface area is 200 Å². The lowest BCUT2D eigenvalue weighted by Gasteiger charge is -2.32. The number of hydrogen-bond donors (Lipinski definition) is 2. The van der Waals surface area contributed by atoms with Crippen LogP contribution in [0, 0.1) is 0 Å². The van der Waals surface area contributed by atoms with Crippen LogP contribution in [0.25, 0.3) is 10.8 Å². The summed E-state index contributed by atoms with van der Waals surface area (Å²) in [5.41, 5.74) is 2.10. The summed E-state index contributed by atoms with van der Waals surface area (Å²) in [7, 11) is 3.34. The third-order valence-electron chi connectivity index (χ3n) is 6.17. The number of aliphatic hydroxyl groups excluding tert-OH is 1. The van der Waals surface area contributed by atoms with Gasteiger partial charge in [0.15, 0.2) is 5.82 Å². The van der Waals surface area contributed by atoms with Gasteiger partial charge in [-0.1, -0.05) is 12.1 Å². The molecule has 1 aromatic heterocycles. The average Bonchev–Trinajstić information content (AvgIpc) is 2.87. The molecule has 0 radical (unpaired) electrons. The summed E-state index contributed by atoms with van der Waals surface area (Å²) in [6.45, 7) is 4.07. The number of aliphatic hydroxyl groups is 1. The number of likely N-dealkylation sites (tertiary alicyclic amines) is 1. The smallest absolute Gasteiger partial charge is 0.156 e. The van der Waals surface area contributed by atoms with Gasteiger partial charge < -0.3 is 24.6 Å². The van der Waals surface area contributed by atoms with Crippen molar-refractivity contribution in [2.24, 2.45) is 0 Å². The number of anilines is 1. The molecule has 2 N–H and O–H groups in total. The van der Waals surface area contributed by atoms with Crippen LogP contribution < -0.4 is 14.8 Å². The van der Waals surface area contributed by atoms with Gasteiger partial charge in [-0.25, -0.2) is 0 Å². The van der Waals surface area contributed by atoms with Crippen LogP contribution in [-0.2, 0) is 17.9 Å². The summed E-state index contributed by atoms with van der Waals surface area (Å²) in [6, 6.07) is 14.6. The molecular weight excluding hydrogens is 432 g/mol. The Kier molecular flexibility index (Phi) is 8.51. The van der Waals surface area contributed by atoms with Crippen molar-refractivity contribution >= 4 is 16.6 Å². The molecule has 3 aromatic rings. The molecule has 8 nitrogen and oxygen atoms in total. The molecule has 0 spiro atoms. The van der Waals surface area contributed by atoms with E-state index < -0.39 is 0 Å². The Balaban J connectivity index is 1.34. The summed E-state index contributed by atoms with van der Waals surface area (Å²) >= 11 is 0. The van der Waals surface area contributed by atoms with Gasteiger partial charge in [0.05, 0.1) is 26.0 Å². The third-order valence-corrected chi connectivity index (χ3v) is 6.17. The van der Waals surface area contributed by atoms with E-state index in [1.807, 2.05) is 30.3 Å². The van der Waals surface area contributed by atoms with E-state index >= 15 is 0 Å². The average molecular weight is 467 g/mol. The highest BCUT2D eigenvalue weighted by Gasteiger charge is 2.21. The number of fused-ring (bicyclic) bond motifs is 1. The summed E-state index contributed by atoms with van der Waals surface area (Å²) in [4.78, 5) is 2.48. The van der Waals surface area contributed by atoms with Crippen LogP contribution in [0.15, 0.2) is 42.5 Å². The van der Waals surface area contributed by atoms with E-state index in [1.165, 1.54) is 5.56 Å². The predicted molar refractivity (Wildman–Crippen MR) is 132 cm³/mol. The molecule has 2 aromatic carbocycles. The van der Waals surface area contributed by atoms with Gasteiger partial charge in [0, 0.05) is 56.6 Å². The van der Waals surface area contributed by atoms with Crippen LogP contribution in [-0.4, -0.2) is 66.8 Å². The molecule has 1 fully saturated rings. The van der Waals surface area contributed by atoms with Crippen molar-refractivity contribution < 1.29 is 19.3 Å². The van der Waals surface area contributed by atoms with Crippen molar-refractivity contribution in [3.63, 3.8) is 0 Å². The maximum Gasteiger partial charge on any atom is 0.156 e. The minimum Gasteiger partial charge on any atom is -0.497 e. The second-order valence-electron chi connectivity index (χ2n) is 8.60. The molecule has 4 rings (SSSR count). The fraction of sp³-hybridized carbons (Fsp3) is 0.462. The maximum atomic E-state index is 8.86. The number of nitrogens with one attached hydrogen (secondary N) is 1. The van der Waals surface area contributed by atoms with E-state index in [2.05, 4.69) is 32.5 Å². The van der Waals surface area contributed by atoms with Crippen molar-refractivity contribution in [3.8, 4) is 11.5 Å². The number of nitrogens with zero attached hydrogens (tertiary/aromatic N) is 3. The molecule has 1 aliphatic rings. The summed E-state index contributed by atoms with van der Waals surface area (Å²) in [6.07, 6.45) is 2.72. The molecule has 0 aliphatic carbocycles. The Morgan fingerprint density at radius 3 is 2.47 bits per heavy atom. The Hall–Kier alpha value is -2.94. The van der Waals surface area contributed by atoms with Crippen molar-refractivity contribution in [2.75, 3.05) is 45.8 Å². The zero-order valence-corrected chi connectivity index (χ0v) is 20.0. The van der Waals surface area contributed by atoms with Crippen LogP contribution in [0.1, 0.15) is 30.5 Å². The molecule has 0 atom stereocenters. The molecule has 2 heterocycles. The van der Waals surface area contributed by atoms with Gasteiger partial charge in [-0.15, -0.1) is 5.10 Å². The first-order valence-electron chi connectivity index (χ1n) is 11.8. The SMILES string of the molecule is COCc1nnc(NC2CCN(Cc3ccc(OCCCO)cc3)CC2)c2cc(OC)ccc12. The molecule has 8 heteroatoms. The number of ether oxygens (including phenoxy) is 3. The third kappa shape index (κ3) is 6.14. The standard InChI is InChI=1S/C26H34N4O4/c1-32-18-25-23-9-8-22(33-2)16-24(23)26(29-28-25)27-20-10-12-30(13-11-20)17-19-4-6-21(7-5-19)34-15-3-14-31/h4-9,16,20,31H,3,10-15,17-18H2,1-2H3,(H,27,29). The monoisotopic (exact) mass is 466 g/mol. The summed E-state index contributed by atoms with van der Waals surface area (Å²) in [5.74, 6) is 2.44. The number of benzene rings is 2. The van der Waals surface area contributed by atoms with E-state index in [-0.39, 0.29) is 6.61 Å². The Morgan fingerprint density at radius 1 is 1.00 bits per heavy atom. The minimum absolute atomic E-state index is 0.152. The van der Waals surface area contributed by atoms with Crippen LogP contribution in [0.2, 0.25) is 0 Å². The first-order chi connectivity index (χ1) is 16.7. The molecule has 1 aliphatic heterocycles. The minimum atomic E-state index is 0.152. The van der Waals surface area contributed by atoms with Crippen molar-refractivity contribution in [3.05, 3.63) is 53.7 Å². The van der Waals surface area contributed by atoms with Crippen LogP contribution in [0.3, 0.4) is 0 Å². The highest BCUT2D eigenvalue weighted by Crippen LogP contribution is 2.29. The number of hydrogen-bond acceptors (Lipinski definition) is 8. The van der Waals surface area contributed by atoms with E-state index in [4.69, 9.17) is 19.3 Å². The summed E-state index contributed by atoms with van der Waals surface area (Å²) < 4.78 is 16.4. The van der Waals surface area contributed by atoms with E-state index in [0.717, 1.165) is 66.3 Å². The summed E-state index contributed by atoms with van der Waals surface area (Å²) in [5, 5.41) is 23.4. The highest BCUT2D eigenvalue weighted by atomic mass is 16.5. The molecular formula is C26H34N4O4. The largest absolute Gasteiger partial charge is 0.497 e. The normalized spacial score (nSPS) is 14.9. The molecule has 1 saturated heterocycles. The Bertz CT molecular complexity index is 1050. The lowest BCUT2D eigenvalue weighted by molar-refractivity contribution is 0.182. The Morgan fingerprint density at radius 2 is 1.76 bits per heavy atom. The fourth-order valence-corrected chi connectivity index (χ4v) is 4.30. The molecule has 0 bridgehead atoms.